The van der Waals surface area contributed by atoms with E-state index in [1.54, 1.807) is 14.0 Å². The number of rotatable bonds is 8. The van der Waals surface area contributed by atoms with Crippen molar-refractivity contribution in [2.24, 2.45) is 0 Å². The van der Waals surface area contributed by atoms with Gasteiger partial charge in [-0.1, -0.05) is 12.1 Å². The summed E-state index contributed by atoms with van der Waals surface area (Å²) in [4.78, 5) is 29.2. The second-order valence-electron chi connectivity index (χ2n) is 8.46. The lowest BCUT2D eigenvalue weighted by Crippen LogP contribution is -2.36. The molecule has 2 rings (SSSR count). The Bertz CT molecular complexity index is 911. The highest BCUT2D eigenvalue weighted by Crippen LogP contribution is 2.35. The highest BCUT2D eigenvalue weighted by Gasteiger charge is 2.33. The number of imidazole rings is 1. The first-order valence-corrected chi connectivity index (χ1v) is 10.5. The van der Waals surface area contributed by atoms with Crippen LogP contribution in [-0.4, -0.2) is 50.7 Å². The Kier molecular flexibility index (Phi) is 7.36. The molecule has 1 aromatic heterocycles. The zero-order valence-corrected chi connectivity index (χ0v) is 19.4. The molecule has 7 nitrogen and oxygen atoms in total. The molecule has 0 atom stereocenters. The van der Waals surface area contributed by atoms with Gasteiger partial charge in [0, 0.05) is 29.8 Å². The van der Waals surface area contributed by atoms with Gasteiger partial charge in [-0.25, -0.2) is 9.78 Å². The monoisotopic (exact) mass is 434 g/mol. The lowest BCUT2D eigenvalue weighted by atomic mass is 10.1. The van der Waals surface area contributed by atoms with Crippen LogP contribution in [0.3, 0.4) is 0 Å². The number of carboxylic acid groups (broad SMARTS) is 1. The first kappa shape index (κ1) is 24.0. The molecule has 1 aromatic carbocycles. The van der Waals surface area contributed by atoms with Gasteiger partial charge in [-0.15, -0.1) is 11.8 Å². The summed E-state index contributed by atoms with van der Waals surface area (Å²) in [7, 11) is 1.60. The van der Waals surface area contributed by atoms with E-state index in [1.165, 1.54) is 11.8 Å². The molecule has 0 unspecified atom stereocenters. The van der Waals surface area contributed by atoms with E-state index in [9.17, 15) is 14.7 Å². The maximum atomic E-state index is 12.5. The van der Waals surface area contributed by atoms with Gasteiger partial charge in [-0.05, 0) is 53.7 Å². The molecule has 164 valence electrons. The van der Waals surface area contributed by atoms with Crippen molar-refractivity contribution < 1.29 is 24.2 Å². The molecule has 0 aliphatic rings. The molecule has 2 aromatic rings. The van der Waals surface area contributed by atoms with Crippen LogP contribution in [-0.2, 0) is 20.8 Å². The Morgan fingerprint density at radius 1 is 1.13 bits per heavy atom. The van der Waals surface area contributed by atoms with Gasteiger partial charge in [0.25, 0.3) is 0 Å². The molecule has 0 aliphatic heterocycles. The van der Waals surface area contributed by atoms with E-state index in [2.05, 4.69) is 4.98 Å². The van der Waals surface area contributed by atoms with Crippen LogP contribution in [0.15, 0.2) is 29.2 Å². The number of aromatic carboxylic acids is 1. The van der Waals surface area contributed by atoms with Crippen molar-refractivity contribution in [3.8, 4) is 11.4 Å². The van der Waals surface area contributed by atoms with E-state index in [-0.39, 0.29) is 11.7 Å². The topological polar surface area (TPSA) is 90.7 Å². The Balaban J connectivity index is 2.28. The molecule has 0 spiro atoms. The average Bonchev–Trinajstić information content (AvgIpc) is 2.95. The van der Waals surface area contributed by atoms with Crippen LogP contribution in [0.2, 0.25) is 0 Å². The molecule has 1 N–H and O–H groups in total. The number of nitrogens with zero attached hydrogens (tertiary/aromatic N) is 2. The van der Waals surface area contributed by atoms with Crippen molar-refractivity contribution in [3.05, 3.63) is 35.7 Å². The molecule has 0 saturated carbocycles. The molecule has 0 saturated heterocycles. The van der Waals surface area contributed by atoms with Gasteiger partial charge < -0.3 is 19.1 Å². The van der Waals surface area contributed by atoms with Crippen molar-refractivity contribution in [2.45, 2.75) is 63.3 Å². The Morgan fingerprint density at radius 2 is 1.73 bits per heavy atom. The largest absolute Gasteiger partial charge is 0.476 e. The fraction of sp³-hybridized carbons (Fsp3) is 0.500. The van der Waals surface area contributed by atoms with E-state index in [4.69, 9.17) is 9.47 Å². The molecular formula is C22H30N2O5S. The number of hydrogen-bond donors (Lipinski definition) is 1. The SMILES string of the molecule is COCCn1c(-c2ccc(SC(C)(C)C(=O)OC(C)(C)C)cc2)nc(C(=O)O)c1C. The highest BCUT2D eigenvalue weighted by molar-refractivity contribution is 8.01. The maximum Gasteiger partial charge on any atom is 0.356 e. The normalized spacial score (nSPS) is 12.1. The summed E-state index contributed by atoms with van der Waals surface area (Å²) >= 11 is 1.41. The van der Waals surface area contributed by atoms with Gasteiger partial charge in [0.1, 0.15) is 16.2 Å². The lowest BCUT2D eigenvalue weighted by Gasteiger charge is -2.28. The zero-order valence-electron chi connectivity index (χ0n) is 18.6. The third kappa shape index (κ3) is 5.86. The third-order valence-electron chi connectivity index (χ3n) is 4.32. The number of carboxylic acids is 1. The molecular weight excluding hydrogens is 404 g/mol. The Hall–Kier alpha value is -2.32. The second kappa shape index (κ2) is 9.22. The summed E-state index contributed by atoms with van der Waals surface area (Å²) in [6.07, 6.45) is 0. The highest BCUT2D eigenvalue weighted by atomic mass is 32.2. The van der Waals surface area contributed by atoms with Gasteiger partial charge in [0.15, 0.2) is 5.69 Å². The van der Waals surface area contributed by atoms with Gasteiger partial charge >= 0.3 is 11.9 Å². The van der Waals surface area contributed by atoms with Gasteiger partial charge in [-0.3, -0.25) is 4.79 Å². The number of methoxy groups -OCH3 is 1. The molecule has 0 bridgehead atoms. The minimum atomic E-state index is -1.06. The molecule has 8 heteroatoms. The zero-order chi connectivity index (χ0) is 22.7. The fourth-order valence-corrected chi connectivity index (χ4v) is 3.81. The number of hydrogen-bond acceptors (Lipinski definition) is 6. The minimum Gasteiger partial charge on any atom is -0.476 e. The van der Waals surface area contributed by atoms with Crippen LogP contribution in [0.1, 0.15) is 50.8 Å². The van der Waals surface area contributed by atoms with Crippen molar-refractivity contribution in [1.29, 1.82) is 0 Å². The standard InChI is InChI=1S/C22H30N2O5S/c1-14-17(19(25)26)23-18(24(14)12-13-28-7)15-8-10-16(11-9-15)30-22(5,6)20(27)29-21(2,3)4/h8-11H,12-13H2,1-7H3,(H,25,26). The number of carbonyl (C=O) groups is 2. The first-order chi connectivity index (χ1) is 13.9. The third-order valence-corrected chi connectivity index (χ3v) is 5.50. The van der Waals surface area contributed by atoms with E-state index >= 15 is 0 Å². The summed E-state index contributed by atoms with van der Waals surface area (Å²) < 4.78 is 11.8. The van der Waals surface area contributed by atoms with Crippen LogP contribution < -0.4 is 0 Å². The van der Waals surface area contributed by atoms with Gasteiger partial charge in [0.05, 0.1) is 6.61 Å². The summed E-state index contributed by atoms with van der Waals surface area (Å²) in [6.45, 7) is 11.9. The molecule has 0 fully saturated rings. The van der Waals surface area contributed by atoms with E-state index in [0.717, 1.165) is 10.5 Å². The van der Waals surface area contributed by atoms with Crippen LogP contribution in [0.5, 0.6) is 0 Å². The molecule has 30 heavy (non-hydrogen) atoms. The number of benzene rings is 1. The Morgan fingerprint density at radius 3 is 2.23 bits per heavy atom. The van der Waals surface area contributed by atoms with E-state index in [1.807, 2.05) is 63.5 Å². The number of aromatic nitrogens is 2. The van der Waals surface area contributed by atoms with Crippen molar-refractivity contribution in [2.75, 3.05) is 13.7 Å². The predicted molar refractivity (Wildman–Crippen MR) is 117 cm³/mol. The Labute approximate surface area is 181 Å². The smallest absolute Gasteiger partial charge is 0.356 e. The van der Waals surface area contributed by atoms with Crippen molar-refractivity contribution in [3.63, 3.8) is 0 Å². The second-order valence-corrected chi connectivity index (χ2v) is 10.2. The molecule has 0 amide bonds. The summed E-state index contributed by atoms with van der Waals surface area (Å²) in [5, 5.41) is 9.43. The quantitative estimate of drug-likeness (QED) is 0.486. The summed E-state index contributed by atoms with van der Waals surface area (Å²) in [6, 6.07) is 7.56. The number of thioether (sulfide) groups is 1. The van der Waals surface area contributed by atoms with Crippen molar-refractivity contribution >= 4 is 23.7 Å². The minimum absolute atomic E-state index is 0.0330. The average molecular weight is 435 g/mol. The van der Waals surface area contributed by atoms with E-state index < -0.39 is 16.3 Å². The first-order valence-electron chi connectivity index (χ1n) is 9.68. The van der Waals surface area contributed by atoms with Crippen molar-refractivity contribution in [1.82, 2.24) is 9.55 Å². The van der Waals surface area contributed by atoms with Crippen LogP contribution in [0.25, 0.3) is 11.4 Å². The van der Waals surface area contributed by atoms with Crippen LogP contribution in [0.4, 0.5) is 0 Å². The number of esters is 1. The summed E-state index contributed by atoms with van der Waals surface area (Å²) in [5.74, 6) is -0.762. The van der Waals surface area contributed by atoms with Crippen LogP contribution in [0, 0.1) is 6.92 Å². The fourth-order valence-electron chi connectivity index (χ4n) is 2.82. The number of carbonyl (C=O) groups excluding carboxylic acids is 1. The van der Waals surface area contributed by atoms with E-state index in [0.29, 0.717) is 24.7 Å². The molecule has 0 radical (unpaired) electrons. The lowest BCUT2D eigenvalue weighted by molar-refractivity contribution is -0.156. The maximum absolute atomic E-state index is 12.5. The number of ether oxygens (including phenoxy) is 2. The van der Waals surface area contributed by atoms with Gasteiger partial charge in [0.2, 0.25) is 0 Å². The van der Waals surface area contributed by atoms with Gasteiger partial charge in [-0.2, -0.15) is 0 Å². The molecule has 1 heterocycles. The van der Waals surface area contributed by atoms with Crippen LogP contribution >= 0.6 is 11.8 Å². The molecule has 0 aliphatic carbocycles. The summed E-state index contributed by atoms with van der Waals surface area (Å²) in [5.41, 5.74) is 0.864. The predicted octanol–water partition coefficient (Wildman–Crippen LogP) is 4.42.